The molecule has 0 N–H and O–H groups in total. The minimum Gasteiger partial charge on any atom is -0.299 e. The van der Waals surface area contributed by atoms with Crippen LogP contribution in [0.25, 0.3) is 0 Å². The van der Waals surface area contributed by atoms with Crippen LogP contribution in [-0.2, 0) is 4.79 Å². The molecule has 14 heavy (non-hydrogen) atoms. The Morgan fingerprint density at radius 2 is 1.79 bits per heavy atom. The SMILES string of the molecule is CCC[C@H]1CC[C@@H](C(=O)C(C)C)CC1. The fraction of sp³-hybridized carbons (Fsp3) is 0.923. The summed E-state index contributed by atoms with van der Waals surface area (Å²) in [4.78, 5) is 11.8. The van der Waals surface area contributed by atoms with Crippen molar-refractivity contribution in [2.75, 3.05) is 0 Å². The van der Waals surface area contributed by atoms with Gasteiger partial charge in [-0.25, -0.2) is 0 Å². The van der Waals surface area contributed by atoms with Gasteiger partial charge < -0.3 is 0 Å². The van der Waals surface area contributed by atoms with E-state index in [2.05, 4.69) is 6.92 Å². The van der Waals surface area contributed by atoms with Gasteiger partial charge in [0.05, 0.1) is 0 Å². The number of rotatable bonds is 4. The van der Waals surface area contributed by atoms with Gasteiger partial charge >= 0.3 is 0 Å². The van der Waals surface area contributed by atoms with Crippen LogP contribution in [0.15, 0.2) is 0 Å². The molecule has 1 aliphatic rings. The van der Waals surface area contributed by atoms with E-state index in [1.807, 2.05) is 13.8 Å². The molecule has 0 aromatic carbocycles. The van der Waals surface area contributed by atoms with Crippen molar-refractivity contribution in [2.45, 2.75) is 59.3 Å². The van der Waals surface area contributed by atoms with Gasteiger partial charge in [0, 0.05) is 11.8 Å². The highest BCUT2D eigenvalue weighted by molar-refractivity contribution is 5.82. The molecule has 1 fully saturated rings. The predicted molar refractivity (Wildman–Crippen MR) is 60.2 cm³/mol. The molecule has 0 spiro atoms. The number of carbonyl (C=O) groups excluding carboxylic acids is 1. The Kier molecular flexibility index (Phi) is 4.64. The van der Waals surface area contributed by atoms with Crippen molar-refractivity contribution < 1.29 is 4.79 Å². The Hall–Kier alpha value is -0.330. The molecule has 0 unspecified atom stereocenters. The summed E-state index contributed by atoms with van der Waals surface area (Å²) in [5.41, 5.74) is 0. The van der Waals surface area contributed by atoms with Crippen LogP contribution in [0.5, 0.6) is 0 Å². The monoisotopic (exact) mass is 196 g/mol. The average Bonchev–Trinajstić information content (AvgIpc) is 2.18. The normalized spacial score (nSPS) is 28.0. The Morgan fingerprint density at radius 1 is 1.21 bits per heavy atom. The molecule has 0 atom stereocenters. The lowest BCUT2D eigenvalue weighted by atomic mass is 9.76. The summed E-state index contributed by atoms with van der Waals surface area (Å²) >= 11 is 0. The van der Waals surface area contributed by atoms with Crippen LogP contribution in [0.3, 0.4) is 0 Å². The molecule has 0 aromatic heterocycles. The minimum absolute atomic E-state index is 0.239. The summed E-state index contributed by atoms with van der Waals surface area (Å²) in [5, 5.41) is 0. The van der Waals surface area contributed by atoms with E-state index in [0.29, 0.717) is 11.7 Å². The van der Waals surface area contributed by atoms with Crippen LogP contribution in [-0.4, -0.2) is 5.78 Å². The fourth-order valence-electron chi connectivity index (χ4n) is 2.62. The molecule has 0 aliphatic heterocycles. The van der Waals surface area contributed by atoms with Crippen LogP contribution in [0.4, 0.5) is 0 Å². The van der Waals surface area contributed by atoms with Crippen LogP contribution in [0.1, 0.15) is 59.3 Å². The zero-order valence-electron chi connectivity index (χ0n) is 9.88. The Balaban J connectivity index is 2.32. The maximum absolute atomic E-state index is 11.8. The van der Waals surface area contributed by atoms with Crippen molar-refractivity contribution in [3.63, 3.8) is 0 Å². The topological polar surface area (TPSA) is 17.1 Å². The van der Waals surface area contributed by atoms with E-state index in [9.17, 15) is 4.79 Å². The van der Waals surface area contributed by atoms with Gasteiger partial charge in [-0.05, 0) is 31.6 Å². The van der Waals surface area contributed by atoms with Crippen molar-refractivity contribution in [2.24, 2.45) is 17.8 Å². The molecule has 0 aromatic rings. The first kappa shape index (κ1) is 11.7. The van der Waals surface area contributed by atoms with Crippen molar-refractivity contribution in [3.05, 3.63) is 0 Å². The Bertz CT molecular complexity index is 176. The predicted octanol–water partition coefficient (Wildman–Crippen LogP) is 3.82. The van der Waals surface area contributed by atoms with Crippen molar-refractivity contribution in [1.82, 2.24) is 0 Å². The molecule has 1 nitrogen and oxygen atoms in total. The molecule has 1 rings (SSSR count). The second-order valence-electron chi connectivity index (χ2n) is 5.06. The molecular weight excluding hydrogens is 172 g/mol. The van der Waals surface area contributed by atoms with Gasteiger partial charge in [0.25, 0.3) is 0 Å². The summed E-state index contributed by atoms with van der Waals surface area (Å²) in [7, 11) is 0. The van der Waals surface area contributed by atoms with Gasteiger partial charge in [0.15, 0.2) is 0 Å². The second kappa shape index (κ2) is 5.53. The lowest BCUT2D eigenvalue weighted by Crippen LogP contribution is -2.25. The van der Waals surface area contributed by atoms with Crippen molar-refractivity contribution in [1.29, 1.82) is 0 Å². The highest BCUT2D eigenvalue weighted by Crippen LogP contribution is 2.33. The highest BCUT2D eigenvalue weighted by Gasteiger charge is 2.26. The molecule has 1 saturated carbocycles. The molecular formula is C13H24O. The quantitative estimate of drug-likeness (QED) is 0.668. The largest absolute Gasteiger partial charge is 0.299 e. The molecule has 0 bridgehead atoms. The zero-order chi connectivity index (χ0) is 10.6. The molecule has 82 valence electrons. The summed E-state index contributed by atoms with van der Waals surface area (Å²) in [6.45, 7) is 6.31. The Morgan fingerprint density at radius 3 is 2.21 bits per heavy atom. The fourth-order valence-corrected chi connectivity index (χ4v) is 2.62. The van der Waals surface area contributed by atoms with Gasteiger partial charge in [-0.15, -0.1) is 0 Å². The van der Waals surface area contributed by atoms with Crippen LogP contribution in [0.2, 0.25) is 0 Å². The van der Waals surface area contributed by atoms with Gasteiger partial charge in [-0.1, -0.05) is 33.6 Å². The number of hydrogen-bond acceptors (Lipinski definition) is 1. The number of carbonyl (C=O) groups is 1. The maximum atomic E-state index is 11.8. The Labute approximate surface area is 88.3 Å². The first-order chi connectivity index (χ1) is 6.65. The molecule has 0 amide bonds. The lowest BCUT2D eigenvalue weighted by molar-refractivity contribution is -0.127. The summed E-state index contributed by atoms with van der Waals surface area (Å²) in [6, 6.07) is 0. The summed E-state index contributed by atoms with van der Waals surface area (Å²) in [6.07, 6.45) is 7.55. The van der Waals surface area contributed by atoms with Crippen LogP contribution < -0.4 is 0 Å². The molecule has 0 saturated heterocycles. The minimum atomic E-state index is 0.239. The molecule has 1 aliphatic carbocycles. The van der Waals surface area contributed by atoms with Gasteiger partial charge in [0.1, 0.15) is 5.78 Å². The van der Waals surface area contributed by atoms with Crippen molar-refractivity contribution >= 4 is 5.78 Å². The first-order valence-corrected chi connectivity index (χ1v) is 6.18. The van der Waals surface area contributed by atoms with E-state index in [4.69, 9.17) is 0 Å². The number of ketones is 1. The van der Waals surface area contributed by atoms with E-state index in [0.717, 1.165) is 18.8 Å². The summed E-state index contributed by atoms with van der Waals surface area (Å²) in [5.74, 6) is 2.04. The first-order valence-electron chi connectivity index (χ1n) is 6.18. The zero-order valence-corrected chi connectivity index (χ0v) is 9.88. The lowest BCUT2D eigenvalue weighted by Gasteiger charge is -2.28. The third-order valence-electron chi connectivity index (χ3n) is 3.52. The third-order valence-corrected chi connectivity index (χ3v) is 3.52. The standard InChI is InChI=1S/C13H24O/c1-4-5-11-6-8-12(9-7-11)13(14)10(2)3/h10-12H,4-9H2,1-3H3/t11-,12+. The maximum Gasteiger partial charge on any atom is 0.138 e. The van der Waals surface area contributed by atoms with E-state index >= 15 is 0 Å². The van der Waals surface area contributed by atoms with Gasteiger partial charge in [0.2, 0.25) is 0 Å². The smallest absolute Gasteiger partial charge is 0.138 e. The van der Waals surface area contributed by atoms with Crippen LogP contribution >= 0.6 is 0 Å². The van der Waals surface area contributed by atoms with Gasteiger partial charge in [-0.2, -0.15) is 0 Å². The van der Waals surface area contributed by atoms with E-state index in [1.54, 1.807) is 0 Å². The molecule has 1 heteroatoms. The van der Waals surface area contributed by atoms with E-state index in [1.165, 1.54) is 25.7 Å². The number of hydrogen-bond donors (Lipinski definition) is 0. The summed E-state index contributed by atoms with van der Waals surface area (Å²) < 4.78 is 0. The number of Topliss-reactive ketones (excluding diaryl/α,β-unsaturated/α-hetero) is 1. The highest BCUT2D eigenvalue weighted by atomic mass is 16.1. The van der Waals surface area contributed by atoms with Gasteiger partial charge in [-0.3, -0.25) is 4.79 Å². The molecule has 0 heterocycles. The van der Waals surface area contributed by atoms with E-state index in [-0.39, 0.29) is 5.92 Å². The average molecular weight is 196 g/mol. The second-order valence-corrected chi connectivity index (χ2v) is 5.06. The molecule has 0 radical (unpaired) electrons. The van der Waals surface area contributed by atoms with Crippen LogP contribution in [0, 0.1) is 17.8 Å². The van der Waals surface area contributed by atoms with E-state index < -0.39 is 0 Å². The van der Waals surface area contributed by atoms with Crippen molar-refractivity contribution in [3.8, 4) is 0 Å². The third kappa shape index (κ3) is 3.11.